The van der Waals surface area contributed by atoms with Crippen LogP contribution in [0.1, 0.15) is 0 Å². The van der Waals surface area contributed by atoms with E-state index in [4.69, 9.17) is 0 Å². The Morgan fingerprint density at radius 1 is 1.67 bits per heavy atom. The first-order valence-electron chi connectivity index (χ1n) is 4.19. The third-order valence-corrected chi connectivity index (χ3v) is 1.68. The van der Waals surface area contributed by atoms with Crippen molar-refractivity contribution < 1.29 is 9.72 Å². The van der Waals surface area contributed by atoms with Gasteiger partial charge in [-0.15, -0.1) is 0 Å². The van der Waals surface area contributed by atoms with Gasteiger partial charge in [-0.2, -0.15) is 0 Å². The van der Waals surface area contributed by atoms with E-state index in [9.17, 15) is 14.9 Å². The summed E-state index contributed by atoms with van der Waals surface area (Å²) in [6.07, 6.45) is 1.32. The Hall–Kier alpha value is -2.18. The van der Waals surface area contributed by atoms with Crippen molar-refractivity contribution in [1.29, 1.82) is 0 Å². The molecule has 0 saturated heterocycles. The summed E-state index contributed by atoms with van der Waals surface area (Å²) < 4.78 is 0. The average molecular weight is 210 g/mol. The van der Waals surface area contributed by atoms with E-state index in [0.717, 1.165) is 0 Å². The van der Waals surface area contributed by atoms with Crippen molar-refractivity contribution in [1.82, 2.24) is 10.3 Å². The van der Waals surface area contributed by atoms with Crippen molar-refractivity contribution in [3.05, 3.63) is 28.4 Å². The normalized spacial score (nSPS) is 9.40. The third kappa shape index (κ3) is 2.90. The zero-order valence-corrected chi connectivity index (χ0v) is 8.06. The Morgan fingerprint density at radius 2 is 2.40 bits per heavy atom. The highest BCUT2D eigenvalue weighted by Crippen LogP contribution is 2.19. The molecular weight excluding hydrogens is 200 g/mol. The number of hydrogen-bond acceptors (Lipinski definition) is 5. The fourth-order valence-electron chi connectivity index (χ4n) is 0.944. The summed E-state index contributed by atoms with van der Waals surface area (Å²) in [6, 6.07) is 3.05. The fraction of sp³-hybridized carbons (Fsp3) is 0.250. The zero-order valence-electron chi connectivity index (χ0n) is 8.06. The zero-order chi connectivity index (χ0) is 11.3. The number of nitrogens with zero attached hydrogens (tertiary/aromatic N) is 2. The van der Waals surface area contributed by atoms with Gasteiger partial charge in [0.2, 0.25) is 5.91 Å². The maximum atomic E-state index is 10.9. The molecule has 1 aromatic heterocycles. The molecule has 80 valence electrons. The highest BCUT2D eigenvalue weighted by atomic mass is 16.6. The number of pyridine rings is 1. The minimum atomic E-state index is -0.605. The lowest BCUT2D eigenvalue weighted by Gasteiger charge is -2.04. The van der Waals surface area contributed by atoms with Crippen molar-refractivity contribution >= 4 is 17.4 Å². The molecule has 1 rings (SSSR count). The summed E-state index contributed by atoms with van der Waals surface area (Å²) in [5, 5.41) is 15.6. The van der Waals surface area contributed by atoms with Gasteiger partial charge in [0.1, 0.15) is 11.9 Å². The second-order valence-electron chi connectivity index (χ2n) is 2.66. The number of carbonyl (C=O) groups is 1. The number of likely N-dealkylation sites (N-methyl/N-ethyl adjacent to an activating group) is 1. The minimum Gasteiger partial charge on any atom is -0.369 e. The number of amides is 1. The highest BCUT2D eigenvalue weighted by Gasteiger charge is 2.13. The molecule has 0 bridgehead atoms. The van der Waals surface area contributed by atoms with Crippen LogP contribution in [0.25, 0.3) is 0 Å². The molecule has 0 radical (unpaired) electrons. The molecule has 7 nitrogen and oxygen atoms in total. The summed E-state index contributed by atoms with van der Waals surface area (Å²) >= 11 is 0. The van der Waals surface area contributed by atoms with Gasteiger partial charge in [-0.3, -0.25) is 4.79 Å². The molecule has 0 unspecified atom stereocenters. The van der Waals surface area contributed by atoms with Crippen LogP contribution >= 0.6 is 0 Å². The molecule has 0 aromatic carbocycles. The van der Waals surface area contributed by atoms with E-state index in [1.165, 1.54) is 19.3 Å². The van der Waals surface area contributed by atoms with Crippen molar-refractivity contribution in [3.8, 4) is 0 Å². The maximum Gasteiger partial charge on any atom is 0.386 e. The van der Waals surface area contributed by atoms with Crippen LogP contribution in [-0.4, -0.2) is 29.4 Å². The number of nitrogens with one attached hydrogen (secondary N) is 2. The van der Waals surface area contributed by atoms with Crippen LogP contribution in [0.5, 0.6) is 0 Å². The summed E-state index contributed by atoms with van der Waals surface area (Å²) in [4.78, 5) is 24.4. The first-order valence-corrected chi connectivity index (χ1v) is 4.19. The largest absolute Gasteiger partial charge is 0.386 e. The van der Waals surface area contributed by atoms with E-state index < -0.39 is 4.92 Å². The number of carbonyl (C=O) groups excluding carboxylic acids is 1. The lowest BCUT2D eigenvalue weighted by Crippen LogP contribution is -2.26. The monoisotopic (exact) mass is 210 g/mol. The fourth-order valence-corrected chi connectivity index (χ4v) is 0.944. The highest BCUT2D eigenvalue weighted by molar-refractivity contribution is 5.81. The predicted molar refractivity (Wildman–Crippen MR) is 53.4 cm³/mol. The topological polar surface area (TPSA) is 97.2 Å². The molecular formula is C8H10N4O3. The van der Waals surface area contributed by atoms with Crippen LogP contribution in [0.15, 0.2) is 18.3 Å². The van der Waals surface area contributed by atoms with Crippen molar-refractivity contribution in [3.63, 3.8) is 0 Å². The lowest BCUT2D eigenvalue weighted by molar-refractivity contribution is -0.388. The Kier molecular flexibility index (Phi) is 3.55. The van der Waals surface area contributed by atoms with Crippen molar-refractivity contribution in [2.24, 2.45) is 0 Å². The summed E-state index contributed by atoms with van der Waals surface area (Å²) in [5.74, 6) is -0.547. The van der Waals surface area contributed by atoms with Crippen molar-refractivity contribution in [2.75, 3.05) is 18.9 Å². The molecule has 7 heteroatoms. The molecule has 0 atom stereocenters. The van der Waals surface area contributed by atoms with Gasteiger partial charge in [-0.1, -0.05) is 0 Å². The number of nitro groups is 1. The van der Waals surface area contributed by atoms with Gasteiger partial charge in [0, 0.05) is 7.05 Å². The number of anilines is 1. The van der Waals surface area contributed by atoms with Gasteiger partial charge < -0.3 is 20.7 Å². The van der Waals surface area contributed by atoms with E-state index in [0.29, 0.717) is 0 Å². The molecule has 0 spiro atoms. The smallest absolute Gasteiger partial charge is 0.369 e. The van der Waals surface area contributed by atoms with Gasteiger partial charge in [-0.25, -0.2) is 0 Å². The molecule has 1 heterocycles. The maximum absolute atomic E-state index is 10.9. The van der Waals surface area contributed by atoms with Crippen molar-refractivity contribution in [2.45, 2.75) is 0 Å². The molecule has 0 aliphatic carbocycles. The molecule has 0 aliphatic heterocycles. The van der Waals surface area contributed by atoms with E-state index in [2.05, 4.69) is 15.6 Å². The van der Waals surface area contributed by atoms with Gasteiger partial charge in [0.05, 0.1) is 6.54 Å². The molecule has 0 aliphatic rings. The molecule has 0 saturated carbocycles. The first kappa shape index (κ1) is 10.9. The van der Waals surface area contributed by atoms with Gasteiger partial charge in [0.25, 0.3) is 0 Å². The van der Waals surface area contributed by atoms with Gasteiger partial charge in [-0.05, 0) is 22.0 Å². The van der Waals surface area contributed by atoms with Gasteiger partial charge in [0.15, 0.2) is 0 Å². The van der Waals surface area contributed by atoms with Crippen LogP contribution in [0.3, 0.4) is 0 Å². The standard InChI is InChI=1S/C8H10N4O3/c1-9-7(13)5-11-6-3-2-4-10-8(6)12(14)15/h2-4,11H,5H2,1H3,(H,9,13). The molecule has 15 heavy (non-hydrogen) atoms. The van der Waals surface area contributed by atoms with E-state index in [1.54, 1.807) is 6.07 Å². The number of aromatic nitrogens is 1. The molecule has 1 aromatic rings. The van der Waals surface area contributed by atoms with Crippen LogP contribution in [0, 0.1) is 10.1 Å². The Balaban J connectivity index is 2.76. The number of rotatable bonds is 4. The van der Waals surface area contributed by atoms with E-state index in [1.807, 2.05) is 0 Å². The molecule has 0 fully saturated rings. The third-order valence-electron chi connectivity index (χ3n) is 1.68. The average Bonchev–Trinajstić information content (AvgIpc) is 2.26. The summed E-state index contributed by atoms with van der Waals surface area (Å²) in [7, 11) is 1.49. The second-order valence-corrected chi connectivity index (χ2v) is 2.66. The Labute approximate surface area is 85.7 Å². The van der Waals surface area contributed by atoms with Crippen LogP contribution < -0.4 is 10.6 Å². The predicted octanol–water partition coefficient (Wildman–Crippen LogP) is 0.148. The Bertz CT molecular complexity index is 380. The quantitative estimate of drug-likeness (QED) is 0.544. The van der Waals surface area contributed by atoms with Crippen LogP contribution in [0.4, 0.5) is 11.5 Å². The molecule has 1 amide bonds. The Morgan fingerprint density at radius 3 is 3.00 bits per heavy atom. The first-order chi connectivity index (χ1) is 7.15. The van der Waals surface area contributed by atoms with Crippen LogP contribution in [0.2, 0.25) is 0 Å². The lowest BCUT2D eigenvalue weighted by atomic mass is 10.4. The summed E-state index contributed by atoms with van der Waals surface area (Å²) in [6.45, 7) is -0.0248. The second kappa shape index (κ2) is 4.89. The van der Waals surface area contributed by atoms with Crippen LogP contribution in [-0.2, 0) is 4.79 Å². The van der Waals surface area contributed by atoms with E-state index >= 15 is 0 Å². The molecule has 2 N–H and O–H groups in total. The number of hydrogen-bond donors (Lipinski definition) is 2. The van der Waals surface area contributed by atoms with E-state index in [-0.39, 0.29) is 24.0 Å². The summed E-state index contributed by atoms with van der Waals surface area (Å²) in [5.41, 5.74) is 0.228. The SMILES string of the molecule is CNC(=O)CNc1cccnc1[N+](=O)[O-]. The van der Waals surface area contributed by atoms with Gasteiger partial charge >= 0.3 is 5.82 Å². The minimum absolute atomic E-state index is 0.0248.